The first-order valence-corrected chi connectivity index (χ1v) is 10.2. The predicted molar refractivity (Wildman–Crippen MR) is 104 cm³/mol. The van der Waals surface area contributed by atoms with Crippen LogP contribution in [0.3, 0.4) is 0 Å². The molecule has 1 amide bonds. The van der Waals surface area contributed by atoms with Crippen molar-refractivity contribution >= 4 is 27.5 Å². The van der Waals surface area contributed by atoms with Gasteiger partial charge in [0.2, 0.25) is 0 Å². The van der Waals surface area contributed by atoms with E-state index in [0.717, 1.165) is 86.4 Å². The van der Waals surface area contributed by atoms with E-state index in [1.807, 2.05) is 30.0 Å². The first kappa shape index (κ1) is 17.9. The largest absolute Gasteiger partial charge is 0.379 e. The number of thiazole rings is 1. The van der Waals surface area contributed by atoms with Crippen molar-refractivity contribution in [2.24, 2.45) is 0 Å². The maximum atomic E-state index is 12.8. The molecule has 140 valence electrons. The minimum Gasteiger partial charge on any atom is -0.379 e. The van der Waals surface area contributed by atoms with E-state index in [1.165, 1.54) is 0 Å². The van der Waals surface area contributed by atoms with Crippen molar-refractivity contribution in [3.05, 3.63) is 28.8 Å². The summed E-state index contributed by atoms with van der Waals surface area (Å²) >= 11 is 1.67. The molecule has 0 unspecified atom stereocenters. The average molecular weight is 375 g/mol. The number of carbonyl (C=O) groups is 1. The molecule has 7 heteroatoms. The summed E-state index contributed by atoms with van der Waals surface area (Å²) in [5, 5.41) is 1.04. The highest BCUT2D eigenvalue weighted by Gasteiger charge is 2.23. The Kier molecular flexibility index (Phi) is 5.49. The zero-order valence-electron chi connectivity index (χ0n) is 15.3. The van der Waals surface area contributed by atoms with Gasteiger partial charge in [0.15, 0.2) is 0 Å². The number of amides is 1. The smallest absolute Gasteiger partial charge is 0.254 e. The summed E-state index contributed by atoms with van der Waals surface area (Å²) in [4.78, 5) is 24.2. The molecular formula is C19H26N4O2S. The molecule has 4 rings (SSSR count). The Bertz CT molecular complexity index is 764. The molecular weight excluding hydrogens is 348 g/mol. The number of carbonyl (C=O) groups excluding carboxylic acids is 1. The van der Waals surface area contributed by atoms with Crippen LogP contribution in [0.2, 0.25) is 0 Å². The standard InChI is InChI=1S/C19H26N4O2S/c1-15-20-17-14-16(2-3-18(17)26-15)19(24)23-8-6-21(7-9-23)4-5-22-10-12-25-13-11-22/h2-3,14H,4-13H2,1H3. The van der Waals surface area contributed by atoms with Gasteiger partial charge in [0.25, 0.3) is 5.91 Å². The fourth-order valence-electron chi connectivity index (χ4n) is 3.64. The molecule has 2 aliphatic rings. The first-order valence-electron chi connectivity index (χ1n) is 9.38. The summed E-state index contributed by atoms with van der Waals surface area (Å²) < 4.78 is 6.54. The topological polar surface area (TPSA) is 48.9 Å². The maximum Gasteiger partial charge on any atom is 0.254 e. The van der Waals surface area contributed by atoms with Crippen LogP contribution in [0.4, 0.5) is 0 Å². The van der Waals surface area contributed by atoms with Crippen LogP contribution in [-0.4, -0.2) is 91.2 Å². The van der Waals surface area contributed by atoms with Crippen molar-refractivity contribution in [2.45, 2.75) is 6.92 Å². The third-order valence-electron chi connectivity index (χ3n) is 5.24. The molecule has 1 aromatic carbocycles. The van der Waals surface area contributed by atoms with Crippen molar-refractivity contribution in [3.8, 4) is 0 Å². The van der Waals surface area contributed by atoms with Crippen molar-refractivity contribution in [3.63, 3.8) is 0 Å². The third kappa shape index (κ3) is 4.06. The molecule has 0 radical (unpaired) electrons. The molecule has 0 spiro atoms. The number of hydrogen-bond donors (Lipinski definition) is 0. The van der Waals surface area contributed by atoms with Gasteiger partial charge in [-0.05, 0) is 25.1 Å². The number of fused-ring (bicyclic) bond motifs is 1. The van der Waals surface area contributed by atoms with E-state index < -0.39 is 0 Å². The van der Waals surface area contributed by atoms with E-state index >= 15 is 0 Å². The Morgan fingerprint density at radius 3 is 2.50 bits per heavy atom. The molecule has 0 atom stereocenters. The maximum absolute atomic E-state index is 12.8. The second-order valence-electron chi connectivity index (χ2n) is 7.00. The number of nitrogens with zero attached hydrogens (tertiary/aromatic N) is 4. The highest BCUT2D eigenvalue weighted by molar-refractivity contribution is 7.18. The van der Waals surface area contributed by atoms with Gasteiger partial charge in [-0.3, -0.25) is 14.6 Å². The van der Waals surface area contributed by atoms with Crippen LogP contribution in [0.15, 0.2) is 18.2 Å². The molecule has 0 N–H and O–H groups in total. The summed E-state index contributed by atoms with van der Waals surface area (Å²) in [6, 6.07) is 5.89. The summed E-state index contributed by atoms with van der Waals surface area (Å²) in [6.07, 6.45) is 0. The van der Waals surface area contributed by atoms with E-state index in [2.05, 4.69) is 14.8 Å². The Labute approximate surface area is 158 Å². The van der Waals surface area contributed by atoms with Crippen molar-refractivity contribution in [1.82, 2.24) is 19.7 Å². The second kappa shape index (κ2) is 8.00. The number of piperazine rings is 1. The van der Waals surface area contributed by atoms with E-state index in [-0.39, 0.29) is 5.91 Å². The van der Waals surface area contributed by atoms with Gasteiger partial charge in [-0.2, -0.15) is 0 Å². The monoisotopic (exact) mass is 374 g/mol. The average Bonchev–Trinajstić information content (AvgIpc) is 3.06. The molecule has 2 fully saturated rings. The molecule has 0 saturated carbocycles. The second-order valence-corrected chi connectivity index (χ2v) is 8.24. The van der Waals surface area contributed by atoms with Crippen LogP contribution in [0, 0.1) is 6.92 Å². The van der Waals surface area contributed by atoms with E-state index in [9.17, 15) is 4.79 Å². The minimum atomic E-state index is 0.130. The third-order valence-corrected chi connectivity index (χ3v) is 6.19. The Morgan fingerprint density at radius 2 is 1.77 bits per heavy atom. The minimum absolute atomic E-state index is 0.130. The van der Waals surface area contributed by atoms with Gasteiger partial charge < -0.3 is 9.64 Å². The summed E-state index contributed by atoms with van der Waals surface area (Å²) in [5.74, 6) is 0.130. The van der Waals surface area contributed by atoms with Gasteiger partial charge in [0.1, 0.15) is 0 Å². The Morgan fingerprint density at radius 1 is 1.08 bits per heavy atom. The number of hydrogen-bond acceptors (Lipinski definition) is 6. The van der Waals surface area contributed by atoms with Crippen LogP contribution in [0.5, 0.6) is 0 Å². The first-order chi connectivity index (χ1) is 12.7. The van der Waals surface area contributed by atoms with E-state index in [0.29, 0.717) is 0 Å². The summed E-state index contributed by atoms with van der Waals surface area (Å²) in [5.41, 5.74) is 1.69. The molecule has 2 aromatic rings. The number of rotatable bonds is 4. The van der Waals surface area contributed by atoms with Crippen molar-refractivity contribution in [2.75, 3.05) is 65.6 Å². The summed E-state index contributed by atoms with van der Waals surface area (Å²) in [6.45, 7) is 11.5. The van der Waals surface area contributed by atoms with Crippen LogP contribution in [-0.2, 0) is 4.74 Å². The highest BCUT2D eigenvalue weighted by Crippen LogP contribution is 2.23. The number of aromatic nitrogens is 1. The fourth-order valence-corrected chi connectivity index (χ4v) is 4.45. The molecule has 3 heterocycles. The highest BCUT2D eigenvalue weighted by atomic mass is 32.1. The fraction of sp³-hybridized carbons (Fsp3) is 0.579. The van der Waals surface area contributed by atoms with Gasteiger partial charge in [0.05, 0.1) is 28.4 Å². The van der Waals surface area contributed by atoms with E-state index in [1.54, 1.807) is 11.3 Å². The van der Waals surface area contributed by atoms with Crippen LogP contribution in [0.25, 0.3) is 10.2 Å². The molecule has 2 aliphatic heterocycles. The van der Waals surface area contributed by atoms with Crippen LogP contribution < -0.4 is 0 Å². The molecule has 0 aliphatic carbocycles. The number of benzene rings is 1. The van der Waals surface area contributed by atoms with E-state index in [4.69, 9.17) is 4.74 Å². The lowest BCUT2D eigenvalue weighted by Gasteiger charge is -2.36. The lowest BCUT2D eigenvalue weighted by molar-refractivity contribution is 0.0293. The SMILES string of the molecule is Cc1nc2cc(C(=O)N3CCN(CCN4CCOCC4)CC3)ccc2s1. The predicted octanol–water partition coefficient (Wildman–Crippen LogP) is 1.69. The normalized spacial score (nSPS) is 20.0. The van der Waals surface area contributed by atoms with Gasteiger partial charge in [-0.15, -0.1) is 11.3 Å². The van der Waals surface area contributed by atoms with Gasteiger partial charge in [-0.1, -0.05) is 0 Å². The number of ether oxygens (including phenoxy) is 1. The number of morpholine rings is 1. The van der Waals surface area contributed by atoms with Gasteiger partial charge in [0, 0.05) is 57.9 Å². The Hall–Kier alpha value is -1.54. The van der Waals surface area contributed by atoms with Crippen molar-refractivity contribution < 1.29 is 9.53 Å². The molecule has 0 bridgehead atoms. The van der Waals surface area contributed by atoms with Crippen LogP contribution >= 0.6 is 11.3 Å². The van der Waals surface area contributed by atoms with Crippen molar-refractivity contribution in [1.29, 1.82) is 0 Å². The van der Waals surface area contributed by atoms with Gasteiger partial charge >= 0.3 is 0 Å². The van der Waals surface area contributed by atoms with Crippen LogP contribution in [0.1, 0.15) is 15.4 Å². The lowest BCUT2D eigenvalue weighted by Crippen LogP contribution is -2.51. The Balaban J connectivity index is 1.29. The molecule has 6 nitrogen and oxygen atoms in total. The zero-order chi connectivity index (χ0) is 17.9. The van der Waals surface area contributed by atoms with Gasteiger partial charge in [-0.25, -0.2) is 4.98 Å². The zero-order valence-corrected chi connectivity index (χ0v) is 16.1. The number of aryl methyl sites for hydroxylation is 1. The molecule has 2 saturated heterocycles. The lowest BCUT2D eigenvalue weighted by atomic mass is 10.1. The molecule has 1 aromatic heterocycles. The quantitative estimate of drug-likeness (QED) is 0.815. The molecule has 26 heavy (non-hydrogen) atoms. The summed E-state index contributed by atoms with van der Waals surface area (Å²) in [7, 11) is 0.